The number of benzene rings is 2. The molecule has 0 aliphatic carbocycles. The van der Waals surface area contributed by atoms with Gasteiger partial charge < -0.3 is 14.8 Å². The minimum absolute atomic E-state index is 0.00818. The minimum Gasteiger partial charge on any atom is -0.460 e. The third-order valence-corrected chi connectivity index (χ3v) is 4.55. The van der Waals surface area contributed by atoms with Gasteiger partial charge in [-0.2, -0.15) is 4.98 Å². The smallest absolute Gasteiger partial charge is 0.336 e. The van der Waals surface area contributed by atoms with Crippen molar-refractivity contribution in [3.8, 4) is 23.1 Å². The van der Waals surface area contributed by atoms with Crippen molar-refractivity contribution >= 4 is 11.6 Å². The van der Waals surface area contributed by atoms with Gasteiger partial charge in [0.1, 0.15) is 6.61 Å². The number of nitrogens with zero attached hydrogens (tertiary/aromatic N) is 3. The van der Waals surface area contributed by atoms with E-state index in [9.17, 15) is 4.79 Å². The molecule has 0 atom stereocenters. The highest BCUT2D eigenvalue weighted by Crippen LogP contribution is 2.25. The quantitative estimate of drug-likeness (QED) is 0.482. The number of amides is 1. The second kappa shape index (κ2) is 10.7. The van der Waals surface area contributed by atoms with Gasteiger partial charge in [-0.05, 0) is 44.0 Å². The van der Waals surface area contributed by atoms with Crippen molar-refractivity contribution in [3.05, 3.63) is 54.1 Å². The Bertz CT molecular complexity index is 979. The zero-order valence-electron chi connectivity index (χ0n) is 18.6. The van der Waals surface area contributed by atoms with Crippen LogP contribution in [0, 0.1) is 12.8 Å². The third-order valence-electron chi connectivity index (χ3n) is 4.55. The van der Waals surface area contributed by atoms with Gasteiger partial charge in [-0.1, -0.05) is 43.7 Å². The zero-order valence-corrected chi connectivity index (χ0v) is 18.6. The van der Waals surface area contributed by atoms with E-state index in [0.29, 0.717) is 44.0 Å². The average molecular weight is 423 g/mol. The molecule has 2 aromatic carbocycles. The van der Waals surface area contributed by atoms with Gasteiger partial charge >= 0.3 is 6.01 Å². The number of hydrogen-bond donors (Lipinski definition) is 1. The van der Waals surface area contributed by atoms with Gasteiger partial charge in [0.2, 0.25) is 5.91 Å². The number of carbonyl (C=O) groups is 1. The largest absolute Gasteiger partial charge is 0.460 e. The van der Waals surface area contributed by atoms with Crippen LogP contribution in [-0.4, -0.2) is 40.5 Å². The highest BCUT2D eigenvalue weighted by atomic mass is 16.5. The first-order chi connectivity index (χ1) is 15.0. The molecule has 0 bridgehead atoms. The first kappa shape index (κ1) is 22.5. The second-order valence-corrected chi connectivity index (χ2v) is 7.73. The minimum atomic E-state index is 0.00818. The Morgan fingerprint density at radius 3 is 2.42 bits per heavy atom. The maximum atomic E-state index is 12.0. The molecular weight excluding hydrogens is 392 g/mol. The number of rotatable bonds is 10. The molecule has 0 unspecified atom stereocenters. The molecular formula is C24H30N4O3. The van der Waals surface area contributed by atoms with Crippen LogP contribution in [0.5, 0.6) is 6.01 Å². The Kier molecular flexibility index (Phi) is 7.78. The van der Waals surface area contributed by atoms with Crippen LogP contribution >= 0.6 is 0 Å². The molecule has 0 saturated heterocycles. The first-order valence-corrected chi connectivity index (χ1v) is 10.6. The molecule has 0 fully saturated rings. The molecule has 7 heteroatoms. The molecule has 0 radical (unpaired) electrons. The lowest BCUT2D eigenvalue weighted by Crippen LogP contribution is -2.13. The summed E-state index contributed by atoms with van der Waals surface area (Å²) < 4.78 is 12.8. The first-order valence-electron chi connectivity index (χ1n) is 10.6. The van der Waals surface area contributed by atoms with Crippen LogP contribution < -0.4 is 10.1 Å². The standard InChI is InChI=1S/C24H30N4O3/c1-5-30-14-15-31-24-26-23(19-8-6-18(4)7-9-19)28(27-24)21-12-10-20(11-13-21)25-22(29)16-17(2)3/h6-13,17H,5,14-16H2,1-4H3,(H,25,29). The molecule has 0 spiro atoms. The topological polar surface area (TPSA) is 78.3 Å². The van der Waals surface area contributed by atoms with Crippen LogP contribution in [0.3, 0.4) is 0 Å². The molecule has 1 heterocycles. The third kappa shape index (κ3) is 6.39. The van der Waals surface area contributed by atoms with Crippen molar-refractivity contribution in [2.24, 2.45) is 5.92 Å². The van der Waals surface area contributed by atoms with Crippen LogP contribution in [0.1, 0.15) is 32.8 Å². The fraction of sp³-hybridized carbons (Fsp3) is 0.375. The van der Waals surface area contributed by atoms with Gasteiger partial charge in [0.15, 0.2) is 5.82 Å². The summed E-state index contributed by atoms with van der Waals surface area (Å²) in [5.74, 6) is 1.00. The fourth-order valence-corrected chi connectivity index (χ4v) is 3.03. The summed E-state index contributed by atoms with van der Waals surface area (Å²) in [6.07, 6.45) is 0.491. The van der Waals surface area contributed by atoms with E-state index in [4.69, 9.17) is 9.47 Å². The van der Waals surface area contributed by atoms with Gasteiger partial charge in [-0.3, -0.25) is 4.79 Å². The van der Waals surface area contributed by atoms with Crippen LogP contribution in [0.2, 0.25) is 0 Å². The van der Waals surface area contributed by atoms with Crippen LogP contribution in [-0.2, 0) is 9.53 Å². The summed E-state index contributed by atoms with van der Waals surface area (Å²) in [5.41, 5.74) is 3.68. The molecule has 1 aromatic heterocycles. The van der Waals surface area contributed by atoms with Crippen molar-refractivity contribution in [1.29, 1.82) is 0 Å². The summed E-state index contributed by atoms with van der Waals surface area (Å²) in [6, 6.07) is 15.9. The van der Waals surface area contributed by atoms with E-state index >= 15 is 0 Å². The summed E-state index contributed by atoms with van der Waals surface area (Å²) in [5, 5.41) is 7.47. The number of hydrogen-bond acceptors (Lipinski definition) is 5. The number of anilines is 1. The predicted molar refractivity (Wildman–Crippen MR) is 122 cm³/mol. The van der Waals surface area contributed by atoms with Gasteiger partial charge in [-0.15, -0.1) is 5.10 Å². The molecule has 3 rings (SSSR count). The molecule has 1 amide bonds. The molecule has 3 aromatic rings. The van der Waals surface area contributed by atoms with Crippen molar-refractivity contribution in [3.63, 3.8) is 0 Å². The lowest BCUT2D eigenvalue weighted by Gasteiger charge is -2.09. The van der Waals surface area contributed by atoms with E-state index in [1.54, 1.807) is 4.68 Å². The number of nitrogens with one attached hydrogen (secondary N) is 1. The SMILES string of the molecule is CCOCCOc1nc(-c2ccc(C)cc2)n(-c2ccc(NC(=O)CC(C)C)cc2)n1. The number of ether oxygens (including phenoxy) is 2. The number of aryl methyl sites for hydroxylation is 1. The Morgan fingerprint density at radius 2 is 1.77 bits per heavy atom. The lowest BCUT2D eigenvalue weighted by molar-refractivity contribution is -0.116. The maximum absolute atomic E-state index is 12.0. The van der Waals surface area contributed by atoms with Gasteiger partial charge in [0, 0.05) is 24.3 Å². The Morgan fingerprint density at radius 1 is 1.06 bits per heavy atom. The van der Waals surface area contributed by atoms with Crippen LogP contribution in [0.15, 0.2) is 48.5 Å². The van der Waals surface area contributed by atoms with Gasteiger partial charge in [0.25, 0.3) is 0 Å². The number of aromatic nitrogens is 3. The fourth-order valence-electron chi connectivity index (χ4n) is 3.03. The second-order valence-electron chi connectivity index (χ2n) is 7.73. The predicted octanol–water partition coefficient (Wildman–Crippen LogP) is 4.64. The monoisotopic (exact) mass is 422 g/mol. The van der Waals surface area contributed by atoms with Crippen molar-refractivity contribution in [1.82, 2.24) is 14.8 Å². The molecule has 0 aliphatic rings. The normalized spacial score (nSPS) is 11.0. The van der Waals surface area contributed by atoms with E-state index in [0.717, 1.165) is 16.9 Å². The van der Waals surface area contributed by atoms with Crippen molar-refractivity contribution in [2.45, 2.75) is 34.1 Å². The van der Waals surface area contributed by atoms with Gasteiger partial charge in [-0.25, -0.2) is 4.68 Å². The van der Waals surface area contributed by atoms with Crippen LogP contribution in [0.25, 0.3) is 17.1 Å². The Labute approximate surface area is 183 Å². The Balaban J connectivity index is 1.84. The van der Waals surface area contributed by atoms with E-state index in [2.05, 4.69) is 15.4 Å². The molecule has 0 aliphatic heterocycles. The summed E-state index contributed by atoms with van der Waals surface area (Å²) in [7, 11) is 0. The van der Waals surface area contributed by atoms with Crippen LogP contribution in [0.4, 0.5) is 5.69 Å². The van der Waals surface area contributed by atoms with E-state index < -0.39 is 0 Å². The van der Waals surface area contributed by atoms with Crippen molar-refractivity contribution in [2.75, 3.05) is 25.1 Å². The lowest BCUT2D eigenvalue weighted by atomic mass is 10.1. The maximum Gasteiger partial charge on any atom is 0.336 e. The Hall–Kier alpha value is -3.19. The summed E-state index contributed by atoms with van der Waals surface area (Å²) >= 11 is 0. The van der Waals surface area contributed by atoms with Gasteiger partial charge in [0.05, 0.1) is 12.3 Å². The average Bonchev–Trinajstić information content (AvgIpc) is 3.16. The van der Waals surface area contributed by atoms with Crippen molar-refractivity contribution < 1.29 is 14.3 Å². The summed E-state index contributed by atoms with van der Waals surface area (Å²) in [4.78, 5) is 16.6. The molecule has 1 N–H and O–H groups in total. The zero-order chi connectivity index (χ0) is 22.2. The molecule has 7 nitrogen and oxygen atoms in total. The highest BCUT2D eigenvalue weighted by Gasteiger charge is 2.15. The molecule has 0 saturated carbocycles. The number of carbonyl (C=O) groups excluding carboxylic acids is 1. The molecule has 164 valence electrons. The van der Waals surface area contributed by atoms with E-state index in [1.807, 2.05) is 76.2 Å². The highest BCUT2D eigenvalue weighted by molar-refractivity contribution is 5.90. The summed E-state index contributed by atoms with van der Waals surface area (Å²) in [6.45, 7) is 9.53. The van der Waals surface area contributed by atoms with E-state index in [-0.39, 0.29) is 5.91 Å². The molecule has 31 heavy (non-hydrogen) atoms. The van der Waals surface area contributed by atoms with E-state index in [1.165, 1.54) is 5.56 Å².